The van der Waals surface area contributed by atoms with E-state index in [9.17, 15) is 5.26 Å². The van der Waals surface area contributed by atoms with Crippen molar-refractivity contribution in [3.8, 4) is 29.1 Å². The molecule has 0 radical (unpaired) electrons. The van der Waals surface area contributed by atoms with Crippen LogP contribution in [0.4, 0.5) is 0 Å². The van der Waals surface area contributed by atoms with E-state index in [0.29, 0.717) is 23.0 Å². The Hall–Kier alpha value is -3.33. The summed E-state index contributed by atoms with van der Waals surface area (Å²) in [4.78, 5) is 2.13. The predicted octanol–water partition coefficient (Wildman–Crippen LogP) is 5.52. The fraction of sp³-hybridized carbons (Fsp3) is 0.444. The lowest BCUT2D eigenvalue weighted by molar-refractivity contribution is 0.328. The van der Waals surface area contributed by atoms with Crippen LogP contribution in [0.1, 0.15) is 37.8 Å². The Balaban J connectivity index is 2.10. The van der Waals surface area contributed by atoms with Gasteiger partial charge < -0.3 is 23.8 Å². The summed E-state index contributed by atoms with van der Waals surface area (Å²) >= 11 is 0. The number of rotatable bonds is 12. The molecule has 1 atom stereocenters. The molecule has 6 nitrogen and oxygen atoms in total. The second-order valence-corrected chi connectivity index (χ2v) is 8.32. The zero-order chi connectivity index (χ0) is 24.4. The van der Waals surface area contributed by atoms with Crippen LogP contribution in [0, 0.1) is 17.2 Å². The molecule has 0 spiro atoms. The van der Waals surface area contributed by atoms with Crippen molar-refractivity contribution in [1.82, 2.24) is 4.90 Å². The summed E-state index contributed by atoms with van der Waals surface area (Å²) in [6.45, 7) is 5.02. The number of methoxy groups -OCH3 is 4. The lowest BCUT2D eigenvalue weighted by Gasteiger charge is -2.32. The minimum Gasteiger partial charge on any atom is -0.493 e. The van der Waals surface area contributed by atoms with Gasteiger partial charge in [-0.25, -0.2) is 0 Å². The highest BCUT2D eigenvalue weighted by Gasteiger charge is 2.36. The predicted molar refractivity (Wildman–Crippen MR) is 132 cm³/mol. The van der Waals surface area contributed by atoms with Crippen LogP contribution in [-0.2, 0) is 5.41 Å². The van der Waals surface area contributed by atoms with Gasteiger partial charge in [0.25, 0.3) is 0 Å². The molecule has 178 valence electrons. The lowest BCUT2D eigenvalue weighted by Crippen LogP contribution is -2.32. The largest absolute Gasteiger partial charge is 0.493 e. The van der Waals surface area contributed by atoms with Crippen molar-refractivity contribution in [3.05, 3.63) is 53.7 Å². The van der Waals surface area contributed by atoms with Crippen molar-refractivity contribution in [1.29, 1.82) is 5.26 Å². The van der Waals surface area contributed by atoms with Crippen molar-refractivity contribution < 1.29 is 18.9 Å². The fourth-order valence-electron chi connectivity index (χ4n) is 3.98. The number of ether oxygens (including phenoxy) is 4. The number of benzene rings is 2. The molecule has 33 heavy (non-hydrogen) atoms. The minimum absolute atomic E-state index is 0.146. The monoisotopic (exact) mass is 452 g/mol. The van der Waals surface area contributed by atoms with Crippen LogP contribution >= 0.6 is 0 Å². The van der Waals surface area contributed by atoms with Gasteiger partial charge in [0.15, 0.2) is 23.0 Å². The summed E-state index contributed by atoms with van der Waals surface area (Å²) < 4.78 is 21.5. The van der Waals surface area contributed by atoms with E-state index in [-0.39, 0.29) is 5.92 Å². The first-order valence-corrected chi connectivity index (χ1v) is 11.1. The highest BCUT2D eigenvalue weighted by molar-refractivity contribution is 5.55. The third-order valence-corrected chi connectivity index (χ3v) is 6.09. The van der Waals surface area contributed by atoms with E-state index >= 15 is 0 Å². The highest BCUT2D eigenvalue weighted by Crippen LogP contribution is 2.40. The number of nitriles is 1. The SMILES string of the molecule is COc1ccc(C=CN(C)CCCC(C#N)(c2ccc(OC)c(OC)c2)C(C)C)cc1OC. The van der Waals surface area contributed by atoms with Crippen LogP contribution in [0.5, 0.6) is 23.0 Å². The Bertz CT molecular complexity index is 981. The van der Waals surface area contributed by atoms with Gasteiger partial charge in [0, 0.05) is 13.6 Å². The van der Waals surface area contributed by atoms with E-state index in [1.54, 1.807) is 28.4 Å². The van der Waals surface area contributed by atoms with Crippen LogP contribution in [0.25, 0.3) is 6.08 Å². The Labute approximate surface area is 198 Å². The summed E-state index contributed by atoms with van der Waals surface area (Å²) in [6.07, 6.45) is 5.69. The molecule has 2 rings (SSSR count). The Morgan fingerprint density at radius 3 is 2.03 bits per heavy atom. The Morgan fingerprint density at radius 1 is 0.909 bits per heavy atom. The third-order valence-electron chi connectivity index (χ3n) is 6.09. The third kappa shape index (κ3) is 6.13. The zero-order valence-corrected chi connectivity index (χ0v) is 20.8. The molecule has 0 saturated carbocycles. The van der Waals surface area contributed by atoms with E-state index in [1.807, 2.05) is 55.7 Å². The molecule has 0 saturated heterocycles. The van der Waals surface area contributed by atoms with Crippen molar-refractivity contribution in [3.63, 3.8) is 0 Å². The molecule has 2 aromatic carbocycles. The summed E-state index contributed by atoms with van der Waals surface area (Å²) in [5.74, 6) is 2.86. The molecule has 0 aliphatic carbocycles. The summed E-state index contributed by atoms with van der Waals surface area (Å²) in [7, 11) is 8.53. The molecule has 0 aromatic heterocycles. The molecule has 0 aliphatic heterocycles. The molecule has 0 fully saturated rings. The lowest BCUT2D eigenvalue weighted by atomic mass is 9.69. The molecule has 6 heteroatoms. The van der Waals surface area contributed by atoms with Gasteiger partial charge in [0.05, 0.1) is 39.9 Å². The Kier molecular flexibility index (Phi) is 9.47. The van der Waals surface area contributed by atoms with E-state index in [0.717, 1.165) is 30.5 Å². The number of hydrogen-bond donors (Lipinski definition) is 0. The first kappa shape index (κ1) is 25.9. The molecule has 2 aromatic rings. The van der Waals surface area contributed by atoms with E-state index in [1.165, 1.54) is 0 Å². The summed E-state index contributed by atoms with van der Waals surface area (Å²) in [5.41, 5.74) is 1.38. The quantitative estimate of drug-likeness (QED) is 0.422. The van der Waals surface area contributed by atoms with Crippen molar-refractivity contribution in [2.75, 3.05) is 42.0 Å². The molecule has 0 amide bonds. The topological polar surface area (TPSA) is 64.0 Å². The standard InChI is InChI=1S/C27H36N2O4/c1-20(2)27(19-28,22-10-12-24(31-5)26(18-22)33-7)14-8-15-29(3)16-13-21-9-11-23(30-4)25(17-21)32-6/h9-13,16-18,20H,8,14-15H2,1-7H3. The molecular formula is C27H36N2O4. The highest BCUT2D eigenvalue weighted by atomic mass is 16.5. The van der Waals surface area contributed by atoms with Gasteiger partial charge in [0.2, 0.25) is 0 Å². The molecular weight excluding hydrogens is 416 g/mol. The average molecular weight is 453 g/mol. The average Bonchev–Trinajstić information content (AvgIpc) is 2.84. The number of hydrogen-bond acceptors (Lipinski definition) is 6. The molecule has 0 heterocycles. The van der Waals surface area contributed by atoms with Crippen molar-refractivity contribution >= 4 is 6.08 Å². The van der Waals surface area contributed by atoms with Crippen molar-refractivity contribution in [2.24, 2.45) is 5.92 Å². The zero-order valence-electron chi connectivity index (χ0n) is 20.8. The molecule has 1 unspecified atom stereocenters. The van der Waals surface area contributed by atoms with Gasteiger partial charge in [-0.15, -0.1) is 0 Å². The second-order valence-electron chi connectivity index (χ2n) is 8.32. The van der Waals surface area contributed by atoms with E-state index in [2.05, 4.69) is 24.8 Å². The van der Waals surface area contributed by atoms with Crippen molar-refractivity contribution in [2.45, 2.75) is 32.1 Å². The maximum atomic E-state index is 10.2. The molecule has 0 bridgehead atoms. The van der Waals surface area contributed by atoms with Gasteiger partial charge >= 0.3 is 0 Å². The van der Waals surface area contributed by atoms with Crippen LogP contribution < -0.4 is 18.9 Å². The Morgan fingerprint density at radius 2 is 1.48 bits per heavy atom. The van der Waals surface area contributed by atoms with Gasteiger partial charge in [-0.3, -0.25) is 0 Å². The first-order valence-electron chi connectivity index (χ1n) is 11.1. The number of nitrogens with zero attached hydrogens (tertiary/aromatic N) is 2. The molecule has 0 N–H and O–H groups in total. The summed E-state index contributed by atoms with van der Waals surface area (Å²) in [5, 5.41) is 10.2. The van der Waals surface area contributed by atoms with Gasteiger partial charge in [-0.1, -0.05) is 26.0 Å². The van der Waals surface area contributed by atoms with Crippen LogP contribution in [0.15, 0.2) is 42.6 Å². The van der Waals surface area contributed by atoms with Crippen LogP contribution in [-0.4, -0.2) is 46.9 Å². The van der Waals surface area contributed by atoms with Gasteiger partial charge in [-0.2, -0.15) is 5.26 Å². The maximum absolute atomic E-state index is 10.2. The van der Waals surface area contributed by atoms with Crippen LogP contribution in [0.2, 0.25) is 0 Å². The maximum Gasteiger partial charge on any atom is 0.161 e. The normalized spacial score (nSPS) is 12.8. The van der Waals surface area contributed by atoms with Gasteiger partial charge in [0.1, 0.15) is 0 Å². The minimum atomic E-state index is -0.604. The van der Waals surface area contributed by atoms with E-state index in [4.69, 9.17) is 18.9 Å². The smallest absolute Gasteiger partial charge is 0.161 e. The molecule has 0 aliphatic rings. The fourth-order valence-corrected chi connectivity index (χ4v) is 3.98. The summed E-state index contributed by atoms with van der Waals surface area (Å²) in [6, 6.07) is 14.2. The second kappa shape index (κ2) is 12.1. The van der Waals surface area contributed by atoms with Crippen LogP contribution in [0.3, 0.4) is 0 Å². The first-order chi connectivity index (χ1) is 15.8. The van der Waals surface area contributed by atoms with E-state index < -0.39 is 5.41 Å². The van der Waals surface area contributed by atoms with Gasteiger partial charge in [-0.05, 0) is 66.4 Å².